The Kier molecular flexibility index (Phi) is 2.36. The van der Waals surface area contributed by atoms with Gasteiger partial charge in [0, 0.05) is 0 Å². The highest BCUT2D eigenvalue weighted by molar-refractivity contribution is 9.10. The van der Waals surface area contributed by atoms with E-state index in [1.54, 1.807) is 0 Å². The van der Waals surface area contributed by atoms with Gasteiger partial charge in [-0.1, -0.05) is 0 Å². The fourth-order valence-corrected chi connectivity index (χ4v) is 1.05. The van der Waals surface area contributed by atoms with Crippen molar-refractivity contribution >= 4 is 21.9 Å². The van der Waals surface area contributed by atoms with Gasteiger partial charge < -0.3 is 15.3 Å². The predicted octanol–water partition coefficient (Wildman–Crippen LogP) is 0.0116. The topological polar surface area (TPSA) is 77.8 Å². The normalized spacial score (nSPS) is 34.6. The number of aliphatic hydroxyl groups excluding tert-OH is 1. The summed E-state index contributed by atoms with van der Waals surface area (Å²) in [5.41, 5.74) is -0.0355. The summed E-state index contributed by atoms with van der Waals surface area (Å²) in [6.07, 6.45) is 2.23. The molecule has 1 aliphatic carbocycles. The van der Waals surface area contributed by atoms with E-state index in [1.165, 1.54) is 12.2 Å². The van der Waals surface area contributed by atoms with Crippen LogP contribution in [0.5, 0.6) is 0 Å². The molecule has 0 aromatic rings. The number of halogens is 1. The van der Waals surface area contributed by atoms with Crippen LogP contribution in [0.2, 0.25) is 0 Å². The molecule has 4 nitrogen and oxygen atoms in total. The van der Waals surface area contributed by atoms with E-state index in [4.69, 9.17) is 10.2 Å². The highest BCUT2D eigenvalue weighted by Gasteiger charge is 2.31. The monoisotopic (exact) mass is 234 g/mol. The van der Waals surface area contributed by atoms with E-state index in [1.807, 2.05) is 0 Å². The maximum absolute atomic E-state index is 10.4. The highest BCUT2D eigenvalue weighted by atomic mass is 79.9. The Balaban J connectivity index is 2.91. The zero-order valence-corrected chi connectivity index (χ0v) is 7.52. The largest absolute Gasteiger partial charge is 0.478 e. The van der Waals surface area contributed by atoms with Crippen molar-refractivity contribution in [2.24, 2.45) is 0 Å². The molecule has 0 radical (unpaired) electrons. The molecular formula is C7H7BrO4. The number of rotatable bonds is 1. The molecular weight excluding hydrogens is 228 g/mol. The smallest absolute Gasteiger partial charge is 0.335 e. The highest BCUT2D eigenvalue weighted by Crippen LogP contribution is 2.27. The van der Waals surface area contributed by atoms with E-state index in [0.29, 0.717) is 0 Å². The van der Waals surface area contributed by atoms with Crippen LogP contribution < -0.4 is 0 Å². The van der Waals surface area contributed by atoms with Gasteiger partial charge in [0.25, 0.3) is 0 Å². The van der Waals surface area contributed by atoms with Gasteiger partial charge in [0.2, 0.25) is 0 Å². The lowest BCUT2D eigenvalue weighted by atomic mass is 10.0. The van der Waals surface area contributed by atoms with Crippen LogP contribution in [-0.4, -0.2) is 31.9 Å². The molecule has 3 N–H and O–H groups in total. The third-order valence-electron chi connectivity index (χ3n) is 1.50. The summed E-state index contributed by atoms with van der Waals surface area (Å²) >= 11 is 2.82. The molecule has 0 aromatic heterocycles. The average Bonchev–Trinajstić information content (AvgIpc) is 1.94. The minimum Gasteiger partial charge on any atom is -0.478 e. The lowest BCUT2D eigenvalue weighted by molar-refractivity contribution is -0.132. The zero-order valence-electron chi connectivity index (χ0n) is 5.94. The van der Waals surface area contributed by atoms with Crippen LogP contribution in [0, 0.1) is 0 Å². The summed E-state index contributed by atoms with van der Waals surface area (Å²) in [6, 6.07) is 0. The minimum absolute atomic E-state index is 0.0355. The van der Waals surface area contributed by atoms with Crippen molar-refractivity contribution in [3.05, 3.63) is 23.8 Å². The third-order valence-corrected chi connectivity index (χ3v) is 2.23. The maximum atomic E-state index is 10.4. The Morgan fingerprint density at radius 3 is 2.67 bits per heavy atom. The van der Waals surface area contributed by atoms with E-state index in [-0.39, 0.29) is 5.57 Å². The van der Waals surface area contributed by atoms with Crippen LogP contribution in [0.1, 0.15) is 0 Å². The van der Waals surface area contributed by atoms with Gasteiger partial charge in [-0.2, -0.15) is 0 Å². The molecule has 0 spiro atoms. The summed E-state index contributed by atoms with van der Waals surface area (Å²) in [6.45, 7) is 0. The first-order valence-electron chi connectivity index (χ1n) is 3.17. The molecule has 12 heavy (non-hydrogen) atoms. The van der Waals surface area contributed by atoms with Crippen LogP contribution in [0.25, 0.3) is 0 Å². The van der Waals surface area contributed by atoms with Crippen LogP contribution in [-0.2, 0) is 4.79 Å². The summed E-state index contributed by atoms with van der Waals surface area (Å²) < 4.78 is -1.55. The maximum Gasteiger partial charge on any atom is 0.335 e. The molecule has 5 heteroatoms. The van der Waals surface area contributed by atoms with Crippen molar-refractivity contribution in [1.82, 2.24) is 0 Å². The molecule has 1 aliphatic rings. The predicted molar refractivity (Wildman–Crippen MR) is 44.7 cm³/mol. The van der Waals surface area contributed by atoms with Crippen molar-refractivity contribution < 1.29 is 20.1 Å². The molecule has 0 aromatic carbocycles. The number of carbonyl (C=O) groups is 1. The van der Waals surface area contributed by atoms with E-state index < -0.39 is 16.6 Å². The zero-order chi connectivity index (χ0) is 9.35. The second-order valence-electron chi connectivity index (χ2n) is 2.43. The van der Waals surface area contributed by atoms with E-state index in [0.717, 1.165) is 6.08 Å². The Morgan fingerprint density at radius 2 is 2.25 bits per heavy atom. The summed E-state index contributed by atoms with van der Waals surface area (Å²) in [4.78, 5) is 10.4. The summed E-state index contributed by atoms with van der Waals surface area (Å²) in [7, 11) is 0. The molecule has 0 saturated heterocycles. The van der Waals surface area contributed by atoms with Gasteiger partial charge in [0.1, 0.15) is 6.10 Å². The number of alkyl halides is 1. The van der Waals surface area contributed by atoms with E-state index >= 15 is 0 Å². The molecule has 0 heterocycles. The fourth-order valence-electron chi connectivity index (χ4n) is 0.790. The van der Waals surface area contributed by atoms with E-state index in [9.17, 15) is 9.90 Å². The van der Waals surface area contributed by atoms with Crippen LogP contribution in [0.3, 0.4) is 0 Å². The van der Waals surface area contributed by atoms with Gasteiger partial charge in [-0.25, -0.2) is 4.79 Å². The molecule has 1 rings (SSSR count). The molecule has 0 fully saturated rings. The van der Waals surface area contributed by atoms with Crippen LogP contribution in [0.15, 0.2) is 23.8 Å². The van der Waals surface area contributed by atoms with Crippen molar-refractivity contribution in [1.29, 1.82) is 0 Å². The molecule has 2 unspecified atom stereocenters. The van der Waals surface area contributed by atoms with Gasteiger partial charge in [-0.15, -0.1) is 0 Å². The summed E-state index contributed by atoms with van der Waals surface area (Å²) in [5.74, 6) is -1.13. The quantitative estimate of drug-likeness (QED) is 0.559. The number of carboxylic acid groups (broad SMARTS) is 1. The first kappa shape index (κ1) is 9.44. The second-order valence-corrected chi connectivity index (χ2v) is 3.70. The van der Waals surface area contributed by atoms with Crippen molar-refractivity contribution in [2.45, 2.75) is 10.6 Å². The lowest BCUT2D eigenvalue weighted by Gasteiger charge is -2.24. The standard InChI is InChI=1S/C7H7BrO4/c8-7(12)2-1-4(6(10)11)3-5(7)9/h1-3,5,9,12H,(H,10,11). The average molecular weight is 235 g/mol. The Morgan fingerprint density at radius 1 is 1.67 bits per heavy atom. The number of hydrogen-bond donors (Lipinski definition) is 3. The second kappa shape index (κ2) is 3.01. The number of carboxylic acids is 1. The molecule has 0 saturated carbocycles. The van der Waals surface area contributed by atoms with Crippen LogP contribution >= 0.6 is 15.9 Å². The van der Waals surface area contributed by atoms with Gasteiger partial charge >= 0.3 is 5.97 Å². The minimum atomic E-state index is -1.55. The van der Waals surface area contributed by atoms with Crippen molar-refractivity contribution in [3.63, 3.8) is 0 Å². The molecule has 66 valence electrons. The Bertz CT molecular complexity index is 267. The van der Waals surface area contributed by atoms with E-state index in [2.05, 4.69) is 15.9 Å². The van der Waals surface area contributed by atoms with Crippen LogP contribution in [0.4, 0.5) is 0 Å². The molecule has 0 bridgehead atoms. The Hall–Kier alpha value is -0.650. The van der Waals surface area contributed by atoms with Gasteiger partial charge in [0.15, 0.2) is 4.51 Å². The molecule has 0 aliphatic heterocycles. The first-order chi connectivity index (χ1) is 5.43. The van der Waals surface area contributed by atoms with Crippen molar-refractivity contribution in [3.8, 4) is 0 Å². The lowest BCUT2D eigenvalue weighted by Crippen LogP contribution is -2.35. The van der Waals surface area contributed by atoms with Gasteiger partial charge in [0.05, 0.1) is 5.57 Å². The van der Waals surface area contributed by atoms with Gasteiger partial charge in [-0.05, 0) is 34.2 Å². The molecule has 0 amide bonds. The van der Waals surface area contributed by atoms with Crippen molar-refractivity contribution in [2.75, 3.05) is 0 Å². The number of aliphatic carboxylic acids is 1. The third kappa shape index (κ3) is 1.74. The Labute approximate surface area is 77.0 Å². The molecule has 2 atom stereocenters. The summed E-state index contributed by atoms with van der Waals surface area (Å²) in [5, 5.41) is 27.0. The van der Waals surface area contributed by atoms with Gasteiger partial charge in [-0.3, -0.25) is 0 Å². The fraction of sp³-hybridized carbons (Fsp3) is 0.286. The first-order valence-corrected chi connectivity index (χ1v) is 3.96. The number of aliphatic hydroxyl groups is 2. The number of hydrogen-bond acceptors (Lipinski definition) is 3. The SMILES string of the molecule is O=C(O)C1=CC(O)C(O)(Br)C=C1.